The van der Waals surface area contributed by atoms with Gasteiger partial charge >= 0.3 is 0 Å². The van der Waals surface area contributed by atoms with Crippen LogP contribution in [0.4, 0.5) is 8.78 Å². The van der Waals surface area contributed by atoms with Gasteiger partial charge in [-0.15, -0.1) is 0 Å². The lowest BCUT2D eigenvalue weighted by atomic mass is 10.1. The molecule has 35 heavy (non-hydrogen) atoms. The zero-order chi connectivity index (χ0) is 26.2. The molecule has 5 nitrogen and oxygen atoms in total. The lowest BCUT2D eigenvalue weighted by Crippen LogP contribution is -2.33. The Balaban J connectivity index is 2.35. The highest BCUT2D eigenvalue weighted by atomic mass is 19.3. The second kappa shape index (κ2) is 12.4. The Morgan fingerprint density at radius 2 is 1.91 bits per heavy atom. The maximum absolute atomic E-state index is 13.7. The Bertz CT molecular complexity index is 1060. The normalized spacial score (nSPS) is 12.1. The molecule has 0 radical (unpaired) electrons. The zero-order valence-corrected chi connectivity index (χ0v) is 21.7. The van der Waals surface area contributed by atoms with E-state index in [0.717, 1.165) is 60.3 Å². The number of benzene rings is 1. The largest absolute Gasteiger partial charge is 0.371 e. The van der Waals surface area contributed by atoms with E-state index in [1.165, 1.54) is 12.1 Å². The van der Waals surface area contributed by atoms with Crippen LogP contribution in [0.3, 0.4) is 0 Å². The van der Waals surface area contributed by atoms with Crippen molar-refractivity contribution in [3.63, 3.8) is 0 Å². The van der Waals surface area contributed by atoms with Crippen molar-refractivity contribution in [2.24, 2.45) is 0 Å². The first-order valence-electron chi connectivity index (χ1n) is 12.1. The Kier molecular flexibility index (Phi) is 9.87. The number of halogens is 2. The summed E-state index contributed by atoms with van der Waals surface area (Å²) in [4.78, 5) is 4.37. The molecule has 2 aromatic rings. The molecule has 190 valence electrons. The van der Waals surface area contributed by atoms with Crippen molar-refractivity contribution in [2.45, 2.75) is 53.5 Å². The third kappa shape index (κ3) is 7.07. The van der Waals surface area contributed by atoms with E-state index in [2.05, 4.69) is 60.7 Å². The Labute approximate surface area is 209 Å². The summed E-state index contributed by atoms with van der Waals surface area (Å²) in [5, 5.41) is 7.68. The summed E-state index contributed by atoms with van der Waals surface area (Å²) in [5.41, 5.74) is 5.16. The van der Waals surface area contributed by atoms with E-state index in [1.54, 1.807) is 23.1 Å². The summed E-state index contributed by atoms with van der Waals surface area (Å²) in [5.74, 6) is -2.88. The number of hydrogen-bond donors (Lipinski definition) is 1. The second-order valence-electron chi connectivity index (χ2n) is 8.55. The van der Waals surface area contributed by atoms with E-state index >= 15 is 0 Å². The fraction of sp³-hybridized carbons (Fsp3) is 0.393. The number of allylic oxidation sites excluding steroid dienone is 1. The second-order valence-corrected chi connectivity index (χ2v) is 8.55. The highest BCUT2D eigenvalue weighted by Gasteiger charge is 2.24. The predicted molar refractivity (Wildman–Crippen MR) is 141 cm³/mol. The van der Waals surface area contributed by atoms with Crippen molar-refractivity contribution in [1.82, 2.24) is 24.9 Å². The molecule has 0 saturated heterocycles. The van der Waals surface area contributed by atoms with Gasteiger partial charge in [0.2, 0.25) is 0 Å². The summed E-state index contributed by atoms with van der Waals surface area (Å²) >= 11 is 0. The maximum atomic E-state index is 13.7. The molecule has 0 aliphatic carbocycles. The lowest BCUT2D eigenvalue weighted by molar-refractivity contribution is 0.0174. The first-order chi connectivity index (χ1) is 16.6. The minimum Gasteiger partial charge on any atom is -0.371 e. The minimum atomic E-state index is -2.88. The predicted octanol–water partition coefficient (Wildman–Crippen LogP) is 6.55. The molecule has 0 bridgehead atoms. The molecule has 1 heterocycles. The van der Waals surface area contributed by atoms with Gasteiger partial charge in [-0.2, -0.15) is 5.10 Å². The molecule has 0 amide bonds. The summed E-state index contributed by atoms with van der Waals surface area (Å²) < 4.78 is 29.2. The third-order valence-corrected chi connectivity index (χ3v) is 5.86. The number of hydrogen-bond acceptors (Lipinski definition) is 4. The van der Waals surface area contributed by atoms with Crippen molar-refractivity contribution in [2.75, 3.05) is 19.6 Å². The van der Waals surface area contributed by atoms with E-state index < -0.39 is 5.92 Å². The minimum absolute atomic E-state index is 0.00464. The number of aromatic nitrogens is 2. The van der Waals surface area contributed by atoms with Crippen LogP contribution in [0.1, 0.15) is 57.7 Å². The van der Waals surface area contributed by atoms with Crippen LogP contribution < -0.4 is 5.32 Å². The molecular weight excluding hydrogens is 444 g/mol. The molecule has 0 aliphatic rings. The molecule has 0 saturated carbocycles. The van der Waals surface area contributed by atoms with Crippen LogP contribution >= 0.6 is 0 Å². The Morgan fingerprint density at radius 3 is 2.49 bits per heavy atom. The zero-order valence-electron chi connectivity index (χ0n) is 21.7. The van der Waals surface area contributed by atoms with Gasteiger partial charge in [0.1, 0.15) is 0 Å². The number of rotatable bonds is 14. The first-order valence-corrected chi connectivity index (χ1v) is 12.1. The molecule has 2 rings (SSSR count). The third-order valence-electron chi connectivity index (χ3n) is 5.86. The van der Waals surface area contributed by atoms with Crippen LogP contribution in [-0.4, -0.2) is 39.2 Å². The Morgan fingerprint density at radius 1 is 1.20 bits per heavy atom. The summed E-state index contributed by atoms with van der Waals surface area (Å²) in [7, 11) is 0. The number of nitrogens with one attached hydrogen (secondary N) is 1. The average molecular weight is 484 g/mol. The molecular formula is C28H39F2N5. The average Bonchev–Trinajstić information content (AvgIpc) is 3.28. The van der Waals surface area contributed by atoms with Crippen molar-refractivity contribution in [3.8, 4) is 0 Å². The molecule has 0 atom stereocenters. The van der Waals surface area contributed by atoms with Crippen molar-refractivity contribution >= 4 is 5.70 Å². The highest BCUT2D eigenvalue weighted by molar-refractivity contribution is 5.64. The number of likely N-dealkylation sites (N-methyl/N-ethyl adjacent to an activating group) is 2. The smallest absolute Gasteiger partial charge is 0.270 e. The van der Waals surface area contributed by atoms with Gasteiger partial charge in [-0.05, 0) is 45.0 Å². The molecule has 1 aromatic carbocycles. The number of nitrogens with zero attached hydrogens (tertiary/aromatic N) is 4. The summed E-state index contributed by atoms with van der Waals surface area (Å²) in [6.07, 6.45) is 6.31. The van der Waals surface area contributed by atoms with Crippen LogP contribution in [0.5, 0.6) is 0 Å². The van der Waals surface area contributed by atoms with Crippen molar-refractivity contribution in [3.05, 3.63) is 96.4 Å². The quantitative estimate of drug-likeness (QED) is 0.309. The lowest BCUT2D eigenvalue weighted by Gasteiger charge is -2.35. The van der Waals surface area contributed by atoms with Gasteiger partial charge < -0.3 is 15.1 Å². The topological polar surface area (TPSA) is 36.3 Å². The van der Waals surface area contributed by atoms with Gasteiger partial charge in [-0.1, -0.05) is 44.9 Å². The Hall–Kier alpha value is -3.35. The van der Waals surface area contributed by atoms with Gasteiger partial charge in [-0.25, -0.2) is 8.78 Å². The molecule has 1 N–H and O–H groups in total. The molecule has 0 aliphatic heterocycles. The molecule has 0 spiro atoms. The summed E-state index contributed by atoms with van der Waals surface area (Å²) in [6.45, 7) is 24.6. The van der Waals surface area contributed by atoms with E-state index in [0.29, 0.717) is 13.1 Å². The van der Waals surface area contributed by atoms with Crippen LogP contribution in [0, 0.1) is 0 Å². The molecule has 0 fully saturated rings. The van der Waals surface area contributed by atoms with Gasteiger partial charge in [0.05, 0.1) is 24.1 Å². The fourth-order valence-electron chi connectivity index (χ4n) is 4.07. The van der Waals surface area contributed by atoms with E-state index in [-0.39, 0.29) is 5.56 Å². The monoisotopic (exact) mass is 483 g/mol. The standard InChI is InChI=1S/C28H39F2N5/c1-9-16-33(11-3)23(7)27(21(5)31-10-2)35(12-4)22(6)25-18-32-34(20-25)19-24-14-13-15-26(17-24)28(8,29)30/h10,13-15,17-18,20,31H,2,6-7,9,11-12,16,19H2,1,3-5,8H3/b27-21+. The van der Waals surface area contributed by atoms with Crippen LogP contribution in [-0.2, 0) is 12.5 Å². The van der Waals surface area contributed by atoms with Crippen molar-refractivity contribution < 1.29 is 8.78 Å². The molecule has 0 unspecified atom stereocenters. The highest BCUT2D eigenvalue weighted by Crippen LogP contribution is 2.30. The van der Waals surface area contributed by atoms with Crippen LogP contribution in [0.15, 0.2) is 79.7 Å². The van der Waals surface area contributed by atoms with Crippen LogP contribution in [0.2, 0.25) is 0 Å². The first kappa shape index (κ1) is 27.9. The van der Waals surface area contributed by atoms with Crippen molar-refractivity contribution in [1.29, 1.82) is 0 Å². The fourth-order valence-corrected chi connectivity index (χ4v) is 4.07. The SMILES string of the molecule is C=CN/C(C)=C(\C(=C)N(CC)CCC)N(CC)C(=C)c1cnn(Cc2cccc(C(C)(F)F)c2)c1. The van der Waals surface area contributed by atoms with E-state index in [9.17, 15) is 8.78 Å². The van der Waals surface area contributed by atoms with Gasteiger partial charge in [0.25, 0.3) is 5.92 Å². The van der Waals surface area contributed by atoms with E-state index in [1.807, 2.05) is 19.2 Å². The van der Waals surface area contributed by atoms with Gasteiger partial charge in [-0.3, -0.25) is 4.68 Å². The number of alkyl halides is 2. The summed E-state index contributed by atoms with van der Waals surface area (Å²) in [6, 6.07) is 6.44. The van der Waals surface area contributed by atoms with Gasteiger partial charge in [0.15, 0.2) is 0 Å². The van der Waals surface area contributed by atoms with Crippen LogP contribution in [0.25, 0.3) is 5.70 Å². The molecule has 1 aromatic heterocycles. The van der Waals surface area contributed by atoms with Gasteiger partial charge in [0, 0.05) is 55.3 Å². The molecule has 7 heteroatoms. The van der Waals surface area contributed by atoms with E-state index in [4.69, 9.17) is 0 Å². The maximum Gasteiger partial charge on any atom is 0.270 e.